The molecule has 2 unspecified atom stereocenters. The van der Waals surface area contributed by atoms with Crippen LogP contribution in [0, 0.1) is 28.6 Å². The van der Waals surface area contributed by atoms with Crippen molar-refractivity contribution in [3.8, 4) is 0 Å². The van der Waals surface area contributed by atoms with Gasteiger partial charge in [-0.15, -0.1) is 0 Å². The van der Waals surface area contributed by atoms with Crippen LogP contribution in [0.3, 0.4) is 0 Å². The summed E-state index contributed by atoms with van der Waals surface area (Å²) < 4.78 is 5.29. The van der Waals surface area contributed by atoms with E-state index in [4.69, 9.17) is 4.74 Å². The summed E-state index contributed by atoms with van der Waals surface area (Å²) in [5, 5.41) is 0. The topological polar surface area (TPSA) is 26.3 Å². The van der Waals surface area contributed by atoms with Gasteiger partial charge in [0.25, 0.3) is 0 Å². The Morgan fingerprint density at radius 2 is 1.89 bits per heavy atom. The molecule has 2 bridgehead atoms. The van der Waals surface area contributed by atoms with E-state index in [0.717, 1.165) is 24.7 Å². The Hall–Kier alpha value is -0.370. The molecule has 0 aromatic rings. The third-order valence-corrected chi connectivity index (χ3v) is 7.34. The highest BCUT2D eigenvalue weighted by Gasteiger charge is 2.62. The fourth-order valence-corrected chi connectivity index (χ4v) is 5.59. The van der Waals surface area contributed by atoms with Gasteiger partial charge in [0.15, 0.2) is 5.78 Å². The number of carbonyl (C=O) groups excluding carboxylic acids is 1. The monoisotopic (exact) mass is 264 g/mol. The first-order valence-electron chi connectivity index (χ1n) is 7.95. The van der Waals surface area contributed by atoms with Crippen LogP contribution in [0.2, 0.25) is 0 Å². The maximum absolute atomic E-state index is 12.1. The largest absolute Gasteiger partial charge is 0.374 e. The predicted octanol–water partition coefficient (Wildman–Crippen LogP) is 3.83. The number of carbonyl (C=O) groups is 1. The third-order valence-electron chi connectivity index (χ3n) is 7.34. The lowest BCUT2D eigenvalue weighted by atomic mass is 9.61. The quantitative estimate of drug-likeness (QED) is 0.757. The van der Waals surface area contributed by atoms with Gasteiger partial charge in [0.2, 0.25) is 0 Å². The second kappa shape index (κ2) is 4.31. The molecule has 0 heterocycles. The van der Waals surface area contributed by atoms with E-state index in [1.54, 1.807) is 7.11 Å². The van der Waals surface area contributed by atoms with E-state index in [2.05, 4.69) is 20.8 Å². The van der Waals surface area contributed by atoms with Crippen LogP contribution in [0.15, 0.2) is 0 Å². The normalized spacial score (nSPS) is 48.7. The zero-order chi connectivity index (χ0) is 13.8. The number of hydrogen-bond donors (Lipinski definition) is 0. The average molecular weight is 264 g/mol. The van der Waals surface area contributed by atoms with Gasteiger partial charge < -0.3 is 4.74 Å². The molecule has 0 amide bonds. The van der Waals surface area contributed by atoms with Crippen LogP contribution in [0.1, 0.15) is 59.3 Å². The lowest BCUT2D eigenvalue weighted by Crippen LogP contribution is -2.40. The van der Waals surface area contributed by atoms with E-state index in [1.807, 2.05) is 0 Å². The van der Waals surface area contributed by atoms with Crippen LogP contribution in [-0.2, 0) is 9.53 Å². The van der Waals surface area contributed by atoms with Crippen LogP contribution < -0.4 is 0 Å². The van der Waals surface area contributed by atoms with Crippen molar-refractivity contribution in [1.82, 2.24) is 0 Å². The SMILES string of the molecule is COC1CCC([C@H]2C[C@@H]3CC[C@@]2(C)C3(C)C)CC1=O. The number of methoxy groups -OCH3 is 1. The first-order chi connectivity index (χ1) is 8.90. The van der Waals surface area contributed by atoms with Crippen molar-refractivity contribution in [3.63, 3.8) is 0 Å². The first-order valence-corrected chi connectivity index (χ1v) is 7.95. The molecule has 0 spiro atoms. The lowest BCUT2D eigenvalue weighted by Gasteiger charge is -2.44. The van der Waals surface area contributed by atoms with Crippen LogP contribution in [0.25, 0.3) is 0 Å². The molecule has 3 fully saturated rings. The van der Waals surface area contributed by atoms with Gasteiger partial charge in [-0.2, -0.15) is 0 Å². The summed E-state index contributed by atoms with van der Waals surface area (Å²) in [6.07, 6.45) is 6.91. The van der Waals surface area contributed by atoms with Gasteiger partial charge in [0, 0.05) is 13.5 Å². The molecule has 3 aliphatic carbocycles. The molecule has 5 atom stereocenters. The molecule has 2 heteroatoms. The Balaban J connectivity index is 1.77. The first kappa shape index (κ1) is 13.6. The number of hydrogen-bond acceptors (Lipinski definition) is 2. The van der Waals surface area contributed by atoms with Crippen molar-refractivity contribution in [1.29, 1.82) is 0 Å². The Labute approximate surface area is 117 Å². The van der Waals surface area contributed by atoms with Gasteiger partial charge in [0.1, 0.15) is 6.10 Å². The summed E-state index contributed by atoms with van der Waals surface area (Å²) >= 11 is 0. The summed E-state index contributed by atoms with van der Waals surface area (Å²) in [6.45, 7) is 7.43. The van der Waals surface area contributed by atoms with Gasteiger partial charge in [-0.05, 0) is 60.7 Å². The second-order valence-electron chi connectivity index (χ2n) is 7.95. The van der Waals surface area contributed by atoms with Crippen molar-refractivity contribution >= 4 is 5.78 Å². The van der Waals surface area contributed by atoms with Crippen LogP contribution in [-0.4, -0.2) is 19.0 Å². The lowest BCUT2D eigenvalue weighted by molar-refractivity contribution is -0.134. The molecular weight excluding hydrogens is 236 g/mol. The fraction of sp³-hybridized carbons (Fsp3) is 0.941. The number of Topliss-reactive ketones (excluding diaryl/α,β-unsaturated/α-hetero) is 1. The molecule has 3 saturated carbocycles. The van der Waals surface area contributed by atoms with Gasteiger partial charge in [-0.1, -0.05) is 20.8 Å². The highest BCUT2D eigenvalue weighted by molar-refractivity contribution is 5.84. The van der Waals surface area contributed by atoms with Gasteiger partial charge in [0.05, 0.1) is 0 Å². The van der Waals surface area contributed by atoms with E-state index in [0.29, 0.717) is 22.5 Å². The minimum absolute atomic E-state index is 0.115. The summed E-state index contributed by atoms with van der Waals surface area (Å²) in [5.41, 5.74) is 0.932. The number of ether oxygens (including phenoxy) is 1. The molecule has 0 N–H and O–H groups in total. The molecule has 3 rings (SSSR count). The zero-order valence-electron chi connectivity index (χ0n) is 12.9. The Morgan fingerprint density at radius 1 is 1.16 bits per heavy atom. The highest BCUT2D eigenvalue weighted by atomic mass is 16.5. The van der Waals surface area contributed by atoms with E-state index < -0.39 is 0 Å². The van der Waals surface area contributed by atoms with Crippen molar-refractivity contribution in [2.24, 2.45) is 28.6 Å². The van der Waals surface area contributed by atoms with Crippen LogP contribution >= 0.6 is 0 Å². The number of fused-ring (bicyclic) bond motifs is 2. The number of rotatable bonds is 2. The molecule has 2 nitrogen and oxygen atoms in total. The van der Waals surface area contributed by atoms with Crippen LogP contribution in [0.4, 0.5) is 0 Å². The second-order valence-corrected chi connectivity index (χ2v) is 7.95. The van der Waals surface area contributed by atoms with E-state index in [-0.39, 0.29) is 6.10 Å². The third kappa shape index (κ3) is 1.75. The number of ketones is 1. The van der Waals surface area contributed by atoms with Crippen molar-refractivity contribution < 1.29 is 9.53 Å². The molecule has 0 saturated heterocycles. The molecule has 0 aromatic carbocycles. The Kier molecular flexibility index (Phi) is 3.09. The Bertz CT molecular complexity index is 387. The fourth-order valence-electron chi connectivity index (χ4n) is 5.59. The van der Waals surface area contributed by atoms with E-state index >= 15 is 0 Å². The summed E-state index contributed by atoms with van der Waals surface area (Å²) in [6, 6.07) is 0. The van der Waals surface area contributed by atoms with Crippen molar-refractivity contribution in [2.75, 3.05) is 7.11 Å². The Morgan fingerprint density at radius 3 is 2.37 bits per heavy atom. The summed E-state index contributed by atoms with van der Waals surface area (Å²) in [7, 11) is 1.67. The minimum Gasteiger partial charge on any atom is -0.374 e. The smallest absolute Gasteiger partial charge is 0.161 e. The van der Waals surface area contributed by atoms with E-state index in [9.17, 15) is 4.79 Å². The standard InChI is InChI=1S/C17H28O2/c1-16(2)12-7-8-17(16,3)13(10-12)11-5-6-15(19-4)14(18)9-11/h11-13,15H,5-10H2,1-4H3/t11?,12-,13+,15?,17+/m0/s1. The van der Waals surface area contributed by atoms with Gasteiger partial charge in [-0.3, -0.25) is 4.79 Å². The molecule has 3 aliphatic rings. The highest BCUT2D eigenvalue weighted by Crippen LogP contribution is 2.70. The average Bonchev–Trinajstić information content (AvgIpc) is 2.71. The summed E-state index contributed by atoms with van der Waals surface area (Å²) in [4.78, 5) is 12.1. The predicted molar refractivity (Wildman–Crippen MR) is 75.9 cm³/mol. The molecular formula is C17H28O2. The molecule has 0 aliphatic heterocycles. The molecule has 0 aromatic heterocycles. The summed E-state index contributed by atoms with van der Waals surface area (Å²) in [5.74, 6) is 2.62. The zero-order valence-corrected chi connectivity index (χ0v) is 12.9. The molecule has 108 valence electrons. The van der Waals surface area contributed by atoms with Gasteiger partial charge >= 0.3 is 0 Å². The van der Waals surface area contributed by atoms with Crippen molar-refractivity contribution in [2.45, 2.75) is 65.4 Å². The van der Waals surface area contributed by atoms with Gasteiger partial charge in [-0.25, -0.2) is 0 Å². The molecule has 19 heavy (non-hydrogen) atoms. The van der Waals surface area contributed by atoms with E-state index in [1.165, 1.54) is 25.7 Å². The van der Waals surface area contributed by atoms with Crippen molar-refractivity contribution in [3.05, 3.63) is 0 Å². The molecule has 0 radical (unpaired) electrons. The van der Waals surface area contributed by atoms with Crippen LogP contribution in [0.5, 0.6) is 0 Å². The maximum Gasteiger partial charge on any atom is 0.161 e. The minimum atomic E-state index is -0.115. The maximum atomic E-state index is 12.1.